The minimum Gasteiger partial charge on any atom is -0.331 e. The lowest BCUT2D eigenvalue weighted by Gasteiger charge is -2.38. The van der Waals surface area contributed by atoms with Crippen LogP contribution in [0.1, 0.15) is 25.3 Å². The first kappa shape index (κ1) is 16.8. The molecule has 0 spiro atoms. The zero-order chi connectivity index (χ0) is 17.3. The molecule has 1 fully saturated rings. The lowest BCUT2D eigenvalue weighted by Crippen LogP contribution is -2.48. The molecular formula is C19H27N3O2. The molecule has 130 valence electrons. The lowest BCUT2D eigenvalue weighted by molar-refractivity contribution is -0.123. The number of nitrogens with zero attached hydrogens (tertiary/aromatic N) is 3. The summed E-state index contributed by atoms with van der Waals surface area (Å²) in [5, 5.41) is 0. The van der Waals surface area contributed by atoms with E-state index in [1.165, 1.54) is 5.56 Å². The largest absolute Gasteiger partial charge is 0.331 e. The first-order valence-electron chi connectivity index (χ1n) is 8.83. The molecule has 0 aliphatic carbocycles. The Labute approximate surface area is 144 Å². The van der Waals surface area contributed by atoms with Crippen molar-refractivity contribution in [2.75, 3.05) is 38.6 Å². The summed E-state index contributed by atoms with van der Waals surface area (Å²) in [5.41, 5.74) is 2.34. The van der Waals surface area contributed by atoms with Crippen molar-refractivity contribution in [2.45, 2.75) is 26.2 Å². The molecule has 24 heavy (non-hydrogen) atoms. The number of amides is 3. The van der Waals surface area contributed by atoms with Gasteiger partial charge in [0.25, 0.3) is 0 Å². The van der Waals surface area contributed by atoms with Crippen LogP contribution in [-0.2, 0) is 11.2 Å². The van der Waals surface area contributed by atoms with Gasteiger partial charge in [-0.3, -0.25) is 4.79 Å². The van der Waals surface area contributed by atoms with E-state index in [0.29, 0.717) is 19.0 Å². The molecular weight excluding hydrogens is 302 g/mol. The number of rotatable bonds is 1. The van der Waals surface area contributed by atoms with Crippen LogP contribution < -0.4 is 4.90 Å². The Hall–Kier alpha value is -2.04. The van der Waals surface area contributed by atoms with E-state index in [0.717, 1.165) is 31.5 Å². The lowest BCUT2D eigenvalue weighted by atomic mass is 9.90. The van der Waals surface area contributed by atoms with Gasteiger partial charge in [-0.25, -0.2) is 4.79 Å². The quantitative estimate of drug-likeness (QED) is 0.795. The van der Waals surface area contributed by atoms with E-state index in [9.17, 15) is 9.59 Å². The van der Waals surface area contributed by atoms with Crippen LogP contribution in [0, 0.1) is 11.8 Å². The molecule has 2 aliphatic rings. The second-order valence-corrected chi connectivity index (χ2v) is 7.33. The maximum absolute atomic E-state index is 13.1. The average Bonchev–Trinajstić information content (AvgIpc) is 2.59. The predicted octanol–water partition coefficient (Wildman–Crippen LogP) is 2.61. The van der Waals surface area contributed by atoms with Crippen LogP contribution in [0.25, 0.3) is 0 Å². The van der Waals surface area contributed by atoms with Crippen molar-refractivity contribution in [1.29, 1.82) is 0 Å². The third-order valence-electron chi connectivity index (χ3n) is 5.11. The molecule has 5 nitrogen and oxygen atoms in total. The molecule has 3 rings (SSSR count). The third kappa shape index (κ3) is 3.25. The van der Waals surface area contributed by atoms with Crippen molar-refractivity contribution in [3.05, 3.63) is 29.8 Å². The zero-order valence-corrected chi connectivity index (χ0v) is 14.9. The van der Waals surface area contributed by atoms with E-state index in [1.807, 2.05) is 21.9 Å². The predicted molar refractivity (Wildman–Crippen MR) is 95.0 cm³/mol. The summed E-state index contributed by atoms with van der Waals surface area (Å²) in [7, 11) is 3.54. The van der Waals surface area contributed by atoms with Crippen LogP contribution in [0.2, 0.25) is 0 Å². The van der Waals surface area contributed by atoms with E-state index < -0.39 is 0 Å². The van der Waals surface area contributed by atoms with Gasteiger partial charge in [0.2, 0.25) is 5.91 Å². The number of carbonyl (C=O) groups excluding carboxylic acids is 2. The minimum atomic E-state index is 0.0227. The van der Waals surface area contributed by atoms with Crippen molar-refractivity contribution in [2.24, 2.45) is 11.8 Å². The Morgan fingerprint density at radius 3 is 2.46 bits per heavy atom. The fourth-order valence-electron chi connectivity index (χ4n) is 3.83. The van der Waals surface area contributed by atoms with Crippen LogP contribution in [0.3, 0.4) is 0 Å². The zero-order valence-electron chi connectivity index (χ0n) is 14.9. The highest BCUT2D eigenvalue weighted by atomic mass is 16.2. The van der Waals surface area contributed by atoms with Gasteiger partial charge in [-0.15, -0.1) is 0 Å². The van der Waals surface area contributed by atoms with Crippen LogP contribution in [0.5, 0.6) is 0 Å². The molecule has 1 atom stereocenters. The number of benzene rings is 1. The smallest absolute Gasteiger partial charge is 0.319 e. The highest BCUT2D eigenvalue weighted by molar-refractivity contribution is 5.96. The summed E-state index contributed by atoms with van der Waals surface area (Å²) in [4.78, 5) is 30.6. The number of para-hydroxylation sites is 1. The van der Waals surface area contributed by atoms with Gasteiger partial charge in [-0.05, 0) is 36.8 Å². The van der Waals surface area contributed by atoms with Crippen LogP contribution >= 0.6 is 0 Å². The van der Waals surface area contributed by atoms with Crippen molar-refractivity contribution < 1.29 is 9.59 Å². The number of fused-ring (bicyclic) bond motifs is 1. The Bertz CT molecular complexity index is 621. The number of carbonyl (C=O) groups is 2. The van der Waals surface area contributed by atoms with Gasteiger partial charge in [-0.2, -0.15) is 0 Å². The Balaban J connectivity index is 1.69. The van der Waals surface area contributed by atoms with Crippen LogP contribution in [0.4, 0.5) is 10.5 Å². The molecule has 0 unspecified atom stereocenters. The normalized spacial score (nSPS) is 21.4. The summed E-state index contributed by atoms with van der Waals surface area (Å²) < 4.78 is 0. The van der Waals surface area contributed by atoms with Gasteiger partial charge in [0.15, 0.2) is 0 Å². The highest BCUT2D eigenvalue weighted by Crippen LogP contribution is 2.32. The molecule has 1 saturated heterocycles. The molecule has 2 heterocycles. The van der Waals surface area contributed by atoms with E-state index >= 15 is 0 Å². The number of hydrogen-bond donors (Lipinski definition) is 0. The molecule has 1 aromatic carbocycles. The molecule has 2 aliphatic heterocycles. The van der Waals surface area contributed by atoms with Crippen molar-refractivity contribution in [3.63, 3.8) is 0 Å². The van der Waals surface area contributed by atoms with Gasteiger partial charge in [0.05, 0.1) is 0 Å². The van der Waals surface area contributed by atoms with Crippen molar-refractivity contribution in [1.82, 2.24) is 9.80 Å². The molecule has 0 bridgehead atoms. The standard InChI is InChI=1S/C19H27N3O2/c1-14-12-16-6-4-5-7-17(16)22(13-14)18(23)15-8-10-21(11-9-15)19(24)20(2)3/h4-7,14-15H,8-13H2,1-3H3/t14-/m0/s1. The molecule has 5 heteroatoms. The molecule has 0 aromatic heterocycles. The first-order chi connectivity index (χ1) is 11.5. The summed E-state index contributed by atoms with van der Waals surface area (Å²) in [6.07, 6.45) is 2.55. The summed E-state index contributed by atoms with van der Waals surface area (Å²) in [6, 6.07) is 8.28. The van der Waals surface area contributed by atoms with E-state index in [4.69, 9.17) is 0 Å². The van der Waals surface area contributed by atoms with Crippen LogP contribution in [0.15, 0.2) is 24.3 Å². The number of piperidine rings is 1. The first-order valence-corrected chi connectivity index (χ1v) is 8.83. The average molecular weight is 329 g/mol. The highest BCUT2D eigenvalue weighted by Gasteiger charge is 2.34. The van der Waals surface area contributed by atoms with Gasteiger partial charge in [0, 0.05) is 45.3 Å². The Morgan fingerprint density at radius 1 is 1.12 bits per heavy atom. The molecule has 1 aromatic rings. The number of urea groups is 1. The topological polar surface area (TPSA) is 43.9 Å². The van der Waals surface area contributed by atoms with Crippen LogP contribution in [-0.4, -0.2) is 55.5 Å². The molecule has 0 saturated carbocycles. The van der Waals surface area contributed by atoms with Gasteiger partial charge in [-0.1, -0.05) is 25.1 Å². The maximum atomic E-state index is 13.1. The Kier molecular flexibility index (Phi) is 4.78. The summed E-state index contributed by atoms with van der Waals surface area (Å²) >= 11 is 0. The van der Waals surface area contributed by atoms with E-state index in [1.54, 1.807) is 19.0 Å². The Morgan fingerprint density at radius 2 is 1.79 bits per heavy atom. The number of anilines is 1. The fourth-order valence-corrected chi connectivity index (χ4v) is 3.83. The second-order valence-electron chi connectivity index (χ2n) is 7.33. The number of likely N-dealkylation sites (tertiary alicyclic amines) is 1. The van der Waals surface area contributed by atoms with E-state index in [2.05, 4.69) is 19.1 Å². The molecule has 0 radical (unpaired) electrons. The number of hydrogen-bond acceptors (Lipinski definition) is 2. The maximum Gasteiger partial charge on any atom is 0.319 e. The third-order valence-corrected chi connectivity index (χ3v) is 5.11. The second kappa shape index (κ2) is 6.83. The molecule has 3 amide bonds. The van der Waals surface area contributed by atoms with Gasteiger partial charge < -0.3 is 14.7 Å². The fraction of sp³-hybridized carbons (Fsp3) is 0.579. The summed E-state index contributed by atoms with van der Waals surface area (Å²) in [6.45, 7) is 4.33. The summed E-state index contributed by atoms with van der Waals surface area (Å²) in [5.74, 6) is 0.736. The van der Waals surface area contributed by atoms with Gasteiger partial charge >= 0.3 is 6.03 Å². The van der Waals surface area contributed by atoms with Crippen molar-refractivity contribution in [3.8, 4) is 0 Å². The minimum absolute atomic E-state index is 0.0227. The van der Waals surface area contributed by atoms with Crippen molar-refractivity contribution >= 4 is 17.6 Å². The SMILES string of the molecule is C[C@H]1Cc2ccccc2N(C(=O)C2CCN(C(=O)N(C)C)CC2)C1. The van der Waals surface area contributed by atoms with Gasteiger partial charge in [0.1, 0.15) is 0 Å². The monoisotopic (exact) mass is 329 g/mol. The molecule has 0 N–H and O–H groups in total. The van der Waals surface area contributed by atoms with E-state index in [-0.39, 0.29) is 17.9 Å².